The third kappa shape index (κ3) is 9.39. The van der Waals surface area contributed by atoms with Crippen LogP contribution >= 0.6 is 22.9 Å². The molecule has 1 aromatic heterocycles. The van der Waals surface area contributed by atoms with E-state index in [1.54, 1.807) is 12.1 Å². The van der Waals surface area contributed by atoms with E-state index in [9.17, 15) is 14.4 Å². The molecule has 202 valence electrons. The molecule has 0 aliphatic carbocycles. The van der Waals surface area contributed by atoms with Crippen LogP contribution in [0.4, 0.5) is 0 Å². The van der Waals surface area contributed by atoms with E-state index in [4.69, 9.17) is 11.6 Å². The van der Waals surface area contributed by atoms with Gasteiger partial charge in [0.05, 0.1) is 15.2 Å². The molecule has 3 atom stereocenters. The van der Waals surface area contributed by atoms with Crippen LogP contribution in [-0.2, 0) is 20.8 Å². The first-order valence-electron chi connectivity index (χ1n) is 13.0. The van der Waals surface area contributed by atoms with Crippen LogP contribution in [0, 0.1) is 5.92 Å². The maximum atomic E-state index is 13.3. The molecule has 37 heavy (non-hydrogen) atoms. The van der Waals surface area contributed by atoms with E-state index in [1.807, 2.05) is 32.1 Å². The number of piperidine rings is 1. The number of benzene rings is 1. The summed E-state index contributed by atoms with van der Waals surface area (Å²) in [5.74, 6) is -0.639. The predicted octanol–water partition coefficient (Wildman–Crippen LogP) is 3.69. The highest BCUT2D eigenvalue weighted by Gasteiger charge is 2.26. The summed E-state index contributed by atoms with van der Waals surface area (Å²) < 4.78 is 0.929. The number of likely N-dealkylation sites (tertiary alicyclic amines) is 1. The second-order valence-corrected chi connectivity index (χ2v) is 11.2. The highest BCUT2D eigenvalue weighted by Crippen LogP contribution is 2.26. The second kappa shape index (κ2) is 14.4. The van der Waals surface area contributed by atoms with Crippen LogP contribution in [0.3, 0.4) is 0 Å². The van der Waals surface area contributed by atoms with Crippen molar-refractivity contribution in [3.05, 3.63) is 40.4 Å². The summed E-state index contributed by atoms with van der Waals surface area (Å²) in [7, 11) is 0. The molecule has 1 saturated heterocycles. The highest BCUT2D eigenvalue weighted by molar-refractivity contribution is 7.18. The van der Waals surface area contributed by atoms with Crippen LogP contribution in [0.25, 0.3) is 10.2 Å². The van der Waals surface area contributed by atoms with Gasteiger partial charge in [-0.3, -0.25) is 19.3 Å². The summed E-state index contributed by atoms with van der Waals surface area (Å²) in [4.78, 5) is 44.5. The van der Waals surface area contributed by atoms with Gasteiger partial charge in [-0.05, 0) is 50.0 Å². The van der Waals surface area contributed by atoms with Crippen LogP contribution in [0.15, 0.2) is 30.4 Å². The number of halogens is 1. The monoisotopic (exact) mass is 547 g/mol. The van der Waals surface area contributed by atoms with Crippen LogP contribution in [0.2, 0.25) is 5.02 Å². The SMILES string of the molecule is CCC(C)C(CNC(=O)/C=C/CN1CCCCC1)NC(=O)[C@H](Cc1nc2ccc(Cl)cc2s1)NC(C)=O. The lowest BCUT2D eigenvalue weighted by Gasteiger charge is -2.27. The van der Waals surface area contributed by atoms with Gasteiger partial charge in [-0.15, -0.1) is 11.3 Å². The molecule has 1 fully saturated rings. The number of fused-ring (bicyclic) bond motifs is 1. The van der Waals surface area contributed by atoms with Crippen molar-refractivity contribution in [2.75, 3.05) is 26.2 Å². The zero-order chi connectivity index (χ0) is 26.8. The van der Waals surface area contributed by atoms with Crippen LogP contribution in [-0.4, -0.2) is 65.9 Å². The number of carbonyl (C=O) groups is 3. The van der Waals surface area contributed by atoms with E-state index in [0.29, 0.717) is 11.6 Å². The topological polar surface area (TPSA) is 103 Å². The molecule has 0 radical (unpaired) electrons. The number of nitrogens with one attached hydrogen (secondary N) is 3. The zero-order valence-corrected chi connectivity index (χ0v) is 23.5. The van der Waals surface area contributed by atoms with Gasteiger partial charge in [-0.25, -0.2) is 4.98 Å². The minimum Gasteiger partial charge on any atom is -0.350 e. The number of amides is 3. The average Bonchev–Trinajstić information content (AvgIpc) is 3.27. The summed E-state index contributed by atoms with van der Waals surface area (Å²) in [5.41, 5.74) is 0.805. The Kier molecular flexibility index (Phi) is 11.4. The first-order chi connectivity index (χ1) is 17.7. The highest BCUT2D eigenvalue weighted by atomic mass is 35.5. The molecule has 1 aliphatic heterocycles. The van der Waals surface area contributed by atoms with E-state index in [0.717, 1.165) is 41.3 Å². The third-order valence-electron chi connectivity index (χ3n) is 6.70. The molecule has 3 amide bonds. The quantitative estimate of drug-likeness (QED) is 0.352. The van der Waals surface area contributed by atoms with Crippen LogP contribution in [0.5, 0.6) is 0 Å². The van der Waals surface area contributed by atoms with Crippen molar-refractivity contribution in [2.45, 2.75) is 65.0 Å². The minimum absolute atomic E-state index is 0.129. The molecule has 2 unspecified atom stereocenters. The summed E-state index contributed by atoms with van der Waals surface area (Å²) in [6, 6.07) is 4.41. The van der Waals surface area contributed by atoms with Gasteiger partial charge in [0.1, 0.15) is 6.04 Å². The van der Waals surface area contributed by atoms with Crippen molar-refractivity contribution in [3.63, 3.8) is 0 Å². The van der Waals surface area contributed by atoms with Crippen molar-refractivity contribution >= 4 is 50.9 Å². The maximum Gasteiger partial charge on any atom is 0.243 e. The summed E-state index contributed by atoms with van der Waals surface area (Å²) >= 11 is 7.54. The summed E-state index contributed by atoms with van der Waals surface area (Å²) in [5, 5.41) is 10.1. The lowest BCUT2D eigenvalue weighted by Crippen LogP contribution is -2.54. The van der Waals surface area contributed by atoms with Crippen LogP contribution < -0.4 is 16.0 Å². The Morgan fingerprint density at radius 1 is 1.19 bits per heavy atom. The molecule has 1 aliphatic rings. The molecular weight excluding hydrogens is 510 g/mol. The molecular formula is C27H38ClN5O3S. The van der Waals surface area contributed by atoms with Gasteiger partial charge in [0.15, 0.2) is 0 Å². The average molecular weight is 548 g/mol. The Balaban J connectivity index is 1.59. The maximum absolute atomic E-state index is 13.3. The van der Waals surface area contributed by atoms with Crippen molar-refractivity contribution in [1.29, 1.82) is 0 Å². The van der Waals surface area contributed by atoms with Gasteiger partial charge in [0.25, 0.3) is 0 Å². The number of carbonyl (C=O) groups excluding carboxylic acids is 3. The van der Waals surface area contributed by atoms with E-state index in [1.165, 1.54) is 37.5 Å². The fourth-order valence-electron chi connectivity index (χ4n) is 4.35. The van der Waals surface area contributed by atoms with Gasteiger partial charge in [-0.2, -0.15) is 0 Å². The minimum atomic E-state index is -0.778. The third-order valence-corrected chi connectivity index (χ3v) is 7.98. The smallest absolute Gasteiger partial charge is 0.243 e. The second-order valence-electron chi connectivity index (χ2n) is 9.69. The van der Waals surface area contributed by atoms with E-state index in [-0.39, 0.29) is 36.1 Å². The van der Waals surface area contributed by atoms with Gasteiger partial charge in [0.2, 0.25) is 17.7 Å². The number of hydrogen-bond donors (Lipinski definition) is 3. The molecule has 10 heteroatoms. The number of nitrogens with zero attached hydrogens (tertiary/aromatic N) is 2. The molecule has 0 saturated carbocycles. The molecule has 2 heterocycles. The lowest BCUT2D eigenvalue weighted by atomic mass is 9.98. The van der Waals surface area contributed by atoms with Crippen molar-refractivity contribution in [2.24, 2.45) is 5.92 Å². The van der Waals surface area contributed by atoms with Crippen LogP contribution in [0.1, 0.15) is 51.5 Å². The Morgan fingerprint density at radius 3 is 2.65 bits per heavy atom. The number of rotatable bonds is 12. The first kappa shape index (κ1) is 29.1. The molecule has 0 spiro atoms. The van der Waals surface area contributed by atoms with Gasteiger partial charge in [-0.1, -0.05) is 44.4 Å². The number of hydrogen-bond acceptors (Lipinski definition) is 6. The number of thiazole rings is 1. The molecule has 0 bridgehead atoms. The summed E-state index contributed by atoms with van der Waals surface area (Å²) in [6.45, 7) is 8.70. The number of aromatic nitrogens is 1. The van der Waals surface area contributed by atoms with E-state index >= 15 is 0 Å². The van der Waals surface area contributed by atoms with Crippen molar-refractivity contribution in [3.8, 4) is 0 Å². The van der Waals surface area contributed by atoms with Crippen molar-refractivity contribution in [1.82, 2.24) is 25.8 Å². The lowest BCUT2D eigenvalue weighted by molar-refractivity contribution is -0.128. The summed E-state index contributed by atoms with van der Waals surface area (Å²) in [6.07, 6.45) is 8.27. The zero-order valence-electron chi connectivity index (χ0n) is 21.9. The van der Waals surface area contributed by atoms with E-state index < -0.39 is 6.04 Å². The molecule has 3 rings (SSSR count). The molecule has 8 nitrogen and oxygen atoms in total. The van der Waals surface area contributed by atoms with E-state index in [2.05, 4.69) is 25.8 Å². The van der Waals surface area contributed by atoms with Crippen molar-refractivity contribution < 1.29 is 14.4 Å². The largest absolute Gasteiger partial charge is 0.350 e. The Bertz CT molecular complexity index is 1100. The molecule has 1 aromatic carbocycles. The Labute approximate surface area is 228 Å². The molecule has 3 N–H and O–H groups in total. The molecule has 2 aromatic rings. The van der Waals surface area contributed by atoms with Gasteiger partial charge < -0.3 is 16.0 Å². The van der Waals surface area contributed by atoms with Gasteiger partial charge >= 0.3 is 0 Å². The standard InChI is InChI=1S/C27H38ClN5O3S/c1-4-18(2)23(17-29-25(35)9-8-14-33-12-6-5-7-13-33)32-27(36)22(30-19(3)34)16-26-31-21-11-10-20(28)15-24(21)37-26/h8-11,15,18,22-23H,4-7,12-14,16-17H2,1-3H3,(H,29,35)(H,30,34)(H,32,36)/b9-8+/t18?,22-,23?/m0/s1. The Hall–Kier alpha value is -2.49. The predicted molar refractivity (Wildman–Crippen MR) is 150 cm³/mol. The first-order valence-corrected chi connectivity index (χ1v) is 14.2. The Morgan fingerprint density at radius 2 is 1.95 bits per heavy atom. The fraction of sp³-hybridized carbons (Fsp3) is 0.556. The normalized spacial score (nSPS) is 16.9. The van der Waals surface area contributed by atoms with Gasteiger partial charge in [0, 0.05) is 43.6 Å². The fourth-order valence-corrected chi connectivity index (χ4v) is 5.63.